The third-order valence-electron chi connectivity index (χ3n) is 12.2. The lowest BCUT2D eigenvalue weighted by Crippen LogP contribution is -2.26. The number of aliphatic hydroxyl groups is 2. The van der Waals surface area contributed by atoms with Crippen LogP contribution in [0.4, 0.5) is 0 Å². The lowest BCUT2D eigenvalue weighted by molar-refractivity contribution is -0.0647. The van der Waals surface area contributed by atoms with Crippen molar-refractivity contribution in [1.29, 1.82) is 0 Å². The van der Waals surface area contributed by atoms with E-state index in [0.29, 0.717) is 33.0 Å². The average Bonchev–Trinajstić information content (AvgIpc) is 3.21. The van der Waals surface area contributed by atoms with Gasteiger partial charge < -0.3 is 24.4 Å². The molecule has 2 N–H and O–H groups in total. The molecule has 0 saturated heterocycles. The Hall–Kier alpha value is -0.200. The first kappa shape index (κ1) is 56.8. The fourth-order valence-corrected chi connectivity index (χ4v) is 8.19. The van der Waals surface area contributed by atoms with Crippen molar-refractivity contribution in [3.63, 3.8) is 0 Å². The van der Waals surface area contributed by atoms with Gasteiger partial charge in [0.1, 0.15) is 0 Å². The molecule has 0 saturated carbocycles. The Labute approximate surface area is 358 Å². The molecule has 0 spiro atoms. The number of hydrogen-bond acceptors (Lipinski definition) is 5. The van der Waals surface area contributed by atoms with Gasteiger partial charge in [-0.15, -0.1) is 0 Å². The molecule has 3 atom stereocenters. The maximum Gasteiger partial charge on any atom is 0.0809 e. The Morgan fingerprint density at radius 3 is 0.842 bits per heavy atom. The van der Waals surface area contributed by atoms with Gasteiger partial charge in [0.15, 0.2) is 0 Å². The van der Waals surface area contributed by atoms with E-state index in [-0.39, 0.29) is 18.3 Å². The topological polar surface area (TPSA) is 68.2 Å². The van der Waals surface area contributed by atoms with Gasteiger partial charge in [-0.1, -0.05) is 265 Å². The summed E-state index contributed by atoms with van der Waals surface area (Å²) in [5.74, 6) is 0. The largest absolute Gasteiger partial charge is 0.391 e. The zero-order valence-corrected chi connectivity index (χ0v) is 39.4. The second-order valence-corrected chi connectivity index (χ2v) is 18.2. The maximum atomic E-state index is 10.7. The maximum absolute atomic E-state index is 10.7. The Morgan fingerprint density at radius 1 is 0.281 bits per heavy atom. The van der Waals surface area contributed by atoms with Gasteiger partial charge in [0.05, 0.1) is 51.3 Å². The van der Waals surface area contributed by atoms with Gasteiger partial charge in [-0.2, -0.15) is 0 Å². The standard InChI is InChI=1S/C52H106O5/c1-4-7-10-13-16-19-22-25-26-29-32-35-38-41-44-52(57-48-51(54)43-40-37-34-31-28-24-21-18-15-12-9-6-3)49-56-46-45-55-47-50(53)42-39-36-33-30-27-23-20-17-14-11-8-5-2/h50-54H,4-49H2,1-3H3. The summed E-state index contributed by atoms with van der Waals surface area (Å²) in [6.07, 6.45) is 53.1. The Morgan fingerprint density at radius 2 is 0.526 bits per heavy atom. The van der Waals surface area contributed by atoms with Crippen LogP contribution in [0.1, 0.15) is 284 Å². The zero-order valence-electron chi connectivity index (χ0n) is 39.4. The van der Waals surface area contributed by atoms with Gasteiger partial charge in [-0.25, -0.2) is 0 Å². The van der Waals surface area contributed by atoms with Crippen LogP contribution in [-0.2, 0) is 14.2 Å². The van der Waals surface area contributed by atoms with Crippen LogP contribution in [0.2, 0.25) is 0 Å². The molecular formula is C52H106O5. The second kappa shape index (κ2) is 50.2. The van der Waals surface area contributed by atoms with E-state index >= 15 is 0 Å². The molecule has 0 aliphatic rings. The van der Waals surface area contributed by atoms with Crippen LogP contribution in [0, 0.1) is 0 Å². The summed E-state index contributed by atoms with van der Waals surface area (Å²) in [6, 6.07) is 0. The van der Waals surface area contributed by atoms with Crippen molar-refractivity contribution in [2.24, 2.45) is 0 Å². The molecule has 0 amide bonds. The highest BCUT2D eigenvalue weighted by Gasteiger charge is 2.13. The fourth-order valence-electron chi connectivity index (χ4n) is 8.19. The molecule has 5 heteroatoms. The molecule has 5 nitrogen and oxygen atoms in total. The lowest BCUT2D eigenvalue weighted by Gasteiger charge is -2.20. The van der Waals surface area contributed by atoms with Crippen LogP contribution < -0.4 is 0 Å². The van der Waals surface area contributed by atoms with Gasteiger partial charge >= 0.3 is 0 Å². The van der Waals surface area contributed by atoms with Gasteiger partial charge in [-0.3, -0.25) is 0 Å². The molecule has 57 heavy (non-hydrogen) atoms. The van der Waals surface area contributed by atoms with E-state index in [2.05, 4.69) is 20.8 Å². The normalized spacial score (nSPS) is 13.4. The molecule has 0 aromatic heterocycles. The number of ether oxygens (including phenoxy) is 3. The van der Waals surface area contributed by atoms with Crippen molar-refractivity contribution >= 4 is 0 Å². The highest BCUT2D eigenvalue weighted by atomic mass is 16.6. The summed E-state index contributed by atoms with van der Waals surface area (Å²) in [4.78, 5) is 0. The quantitative estimate of drug-likeness (QED) is 0.0599. The summed E-state index contributed by atoms with van der Waals surface area (Å²) in [7, 11) is 0. The first-order valence-corrected chi connectivity index (χ1v) is 26.3. The van der Waals surface area contributed by atoms with Gasteiger partial charge in [0, 0.05) is 0 Å². The first-order chi connectivity index (χ1) is 28.1. The van der Waals surface area contributed by atoms with E-state index in [1.165, 1.54) is 225 Å². The van der Waals surface area contributed by atoms with Gasteiger partial charge in [0.2, 0.25) is 0 Å². The summed E-state index contributed by atoms with van der Waals surface area (Å²) in [6.45, 7) is 9.24. The monoisotopic (exact) mass is 811 g/mol. The summed E-state index contributed by atoms with van der Waals surface area (Å²) in [5, 5.41) is 21.1. The summed E-state index contributed by atoms with van der Waals surface area (Å²) < 4.78 is 18.1. The molecule has 0 radical (unpaired) electrons. The summed E-state index contributed by atoms with van der Waals surface area (Å²) >= 11 is 0. The minimum absolute atomic E-state index is 0.0235. The molecule has 0 heterocycles. The van der Waals surface area contributed by atoms with Crippen LogP contribution in [0.5, 0.6) is 0 Å². The molecule has 344 valence electrons. The van der Waals surface area contributed by atoms with Crippen LogP contribution >= 0.6 is 0 Å². The first-order valence-electron chi connectivity index (χ1n) is 26.3. The predicted molar refractivity (Wildman–Crippen MR) is 250 cm³/mol. The average molecular weight is 811 g/mol. The highest BCUT2D eigenvalue weighted by molar-refractivity contribution is 4.63. The molecule has 0 aromatic rings. The predicted octanol–water partition coefficient (Wildman–Crippen LogP) is 16.2. The lowest BCUT2D eigenvalue weighted by atomic mass is 10.0. The van der Waals surface area contributed by atoms with E-state index < -0.39 is 0 Å². The van der Waals surface area contributed by atoms with Crippen molar-refractivity contribution in [2.75, 3.05) is 33.0 Å². The second-order valence-electron chi connectivity index (χ2n) is 18.2. The molecule has 3 unspecified atom stereocenters. The zero-order chi connectivity index (χ0) is 41.4. The SMILES string of the molecule is CCCCCCCCCCCCCCCCC(COCCOCC(O)CCCCCCCCCCCCCC)OCC(O)CCCCCCCCCCCCCC. The highest BCUT2D eigenvalue weighted by Crippen LogP contribution is 2.17. The third-order valence-corrected chi connectivity index (χ3v) is 12.2. The Kier molecular flexibility index (Phi) is 50.0. The van der Waals surface area contributed by atoms with Crippen LogP contribution in [-0.4, -0.2) is 61.6 Å². The van der Waals surface area contributed by atoms with Crippen molar-refractivity contribution in [3.8, 4) is 0 Å². The minimum Gasteiger partial charge on any atom is -0.391 e. The van der Waals surface area contributed by atoms with E-state index in [1.54, 1.807) is 0 Å². The van der Waals surface area contributed by atoms with Crippen LogP contribution in [0.3, 0.4) is 0 Å². The number of aliphatic hydroxyl groups excluding tert-OH is 2. The Balaban J connectivity index is 4.12. The molecule has 0 aliphatic carbocycles. The number of rotatable bonds is 51. The molecule has 0 fully saturated rings. The van der Waals surface area contributed by atoms with Crippen molar-refractivity contribution in [2.45, 2.75) is 302 Å². The molecule has 0 aromatic carbocycles. The van der Waals surface area contributed by atoms with E-state index in [0.717, 1.165) is 38.5 Å². The molecule has 0 rings (SSSR count). The smallest absolute Gasteiger partial charge is 0.0809 e. The van der Waals surface area contributed by atoms with Gasteiger partial charge in [-0.05, 0) is 19.3 Å². The minimum atomic E-state index is -0.387. The fraction of sp³-hybridized carbons (Fsp3) is 1.00. The number of hydrogen-bond donors (Lipinski definition) is 2. The molecule has 0 bridgehead atoms. The van der Waals surface area contributed by atoms with Gasteiger partial charge in [0.25, 0.3) is 0 Å². The Bertz CT molecular complexity index is 704. The summed E-state index contributed by atoms with van der Waals surface area (Å²) in [5.41, 5.74) is 0. The molecule has 0 aliphatic heterocycles. The van der Waals surface area contributed by atoms with Crippen molar-refractivity contribution < 1.29 is 24.4 Å². The van der Waals surface area contributed by atoms with Crippen LogP contribution in [0.25, 0.3) is 0 Å². The number of unbranched alkanes of at least 4 members (excludes halogenated alkanes) is 35. The van der Waals surface area contributed by atoms with E-state index in [4.69, 9.17) is 14.2 Å². The van der Waals surface area contributed by atoms with E-state index in [1.807, 2.05) is 0 Å². The third kappa shape index (κ3) is 48.3. The molecular weight excluding hydrogens is 705 g/mol. The van der Waals surface area contributed by atoms with Crippen molar-refractivity contribution in [1.82, 2.24) is 0 Å². The van der Waals surface area contributed by atoms with Crippen molar-refractivity contribution in [3.05, 3.63) is 0 Å². The van der Waals surface area contributed by atoms with Crippen LogP contribution in [0.15, 0.2) is 0 Å². The van der Waals surface area contributed by atoms with E-state index in [9.17, 15) is 10.2 Å².